The van der Waals surface area contributed by atoms with Gasteiger partial charge in [0.2, 0.25) is 0 Å². The molecule has 0 atom stereocenters. The minimum atomic E-state index is -4.17. The smallest absolute Gasteiger partial charge is 0.268 e. The third kappa shape index (κ3) is 4.02. The number of aryl methyl sites for hydroxylation is 1. The van der Waals surface area contributed by atoms with Crippen LogP contribution in [-0.4, -0.2) is 27.1 Å². The van der Waals surface area contributed by atoms with Gasteiger partial charge in [-0.3, -0.25) is 0 Å². The Bertz CT molecular complexity index is 1700. The Hall–Kier alpha value is -3.75. The van der Waals surface area contributed by atoms with Gasteiger partial charge in [-0.2, -0.15) is 5.26 Å². The van der Waals surface area contributed by atoms with Crippen LogP contribution in [0, 0.1) is 29.9 Å². The van der Waals surface area contributed by atoms with E-state index in [1.807, 2.05) is 0 Å². The highest BCUT2D eigenvalue weighted by Gasteiger charge is 2.28. The van der Waals surface area contributed by atoms with Crippen molar-refractivity contribution < 1.29 is 30.4 Å². The number of sulfone groups is 1. The molecule has 11 heteroatoms. The number of ether oxygens (including phenoxy) is 1. The molecule has 0 aliphatic rings. The molecule has 0 amide bonds. The normalized spacial score (nSPS) is 12.0. The maximum absolute atomic E-state index is 15.2. The molecule has 7 nitrogen and oxygen atoms in total. The quantitative estimate of drug-likeness (QED) is 0.397. The van der Waals surface area contributed by atoms with Crippen molar-refractivity contribution in [3.8, 4) is 17.6 Å². The SMILES string of the molecule is Cc1ccc(S(=O)(=O)n2ccc3c(S(C)(=O)=O)c(Oc4ccc(F)c(C#N)c4)c(F)cc32)cc1. The molecule has 1 aromatic heterocycles. The molecule has 0 aliphatic carbocycles. The summed E-state index contributed by atoms with van der Waals surface area (Å²) in [5, 5.41) is 8.92. The van der Waals surface area contributed by atoms with E-state index < -0.39 is 42.1 Å². The number of nitriles is 1. The Balaban J connectivity index is 1.95. The zero-order valence-electron chi connectivity index (χ0n) is 17.8. The van der Waals surface area contributed by atoms with Gasteiger partial charge in [-0.1, -0.05) is 17.7 Å². The molecule has 3 aromatic carbocycles. The monoisotopic (exact) mass is 502 g/mol. The molecule has 0 unspecified atom stereocenters. The number of nitrogens with zero attached hydrogens (tertiary/aromatic N) is 2. The molecule has 0 N–H and O–H groups in total. The average molecular weight is 503 g/mol. The van der Waals surface area contributed by atoms with E-state index >= 15 is 4.39 Å². The van der Waals surface area contributed by atoms with Crippen molar-refractivity contribution in [2.24, 2.45) is 0 Å². The van der Waals surface area contributed by atoms with Gasteiger partial charge >= 0.3 is 0 Å². The molecule has 0 saturated carbocycles. The Morgan fingerprint density at radius 3 is 2.24 bits per heavy atom. The number of fused-ring (bicyclic) bond motifs is 1. The Labute approximate surface area is 194 Å². The van der Waals surface area contributed by atoms with Crippen molar-refractivity contribution in [2.45, 2.75) is 16.7 Å². The summed E-state index contributed by atoms with van der Waals surface area (Å²) in [5.74, 6) is -2.86. The van der Waals surface area contributed by atoms with Crippen LogP contribution in [0.2, 0.25) is 0 Å². The molecule has 0 radical (unpaired) electrons. The van der Waals surface area contributed by atoms with Gasteiger partial charge in [0, 0.05) is 30.0 Å². The van der Waals surface area contributed by atoms with Crippen molar-refractivity contribution in [1.29, 1.82) is 5.26 Å². The third-order valence-corrected chi connectivity index (χ3v) is 7.90. The van der Waals surface area contributed by atoms with Gasteiger partial charge in [0.1, 0.15) is 22.5 Å². The van der Waals surface area contributed by atoms with Gasteiger partial charge < -0.3 is 4.74 Å². The summed E-state index contributed by atoms with van der Waals surface area (Å²) in [5.41, 5.74) is 0.252. The highest BCUT2D eigenvalue weighted by atomic mass is 32.2. The first kappa shape index (κ1) is 23.4. The van der Waals surface area contributed by atoms with Crippen LogP contribution in [0.4, 0.5) is 8.78 Å². The van der Waals surface area contributed by atoms with E-state index in [0.29, 0.717) is 0 Å². The molecule has 4 rings (SSSR count). The fourth-order valence-electron chi connectivity index (χ4n) is 3.44. The summed E-state index contributed by atoms with van der Waals surface area (Å²) in [7, 11) is -8.31. The standard InChI is InChI=1S/C23H16F2N2O5S2/c1-14-3-6-17(7-4-14)34(30,31)27-10-9-18-21(27)12-20(25)22(23(18)33(2,28)29)32-16-5-8-19(24)15(11-16)13-26/h3-12H,1-2H3. The van der Waals surface area contributed by atoms with E-state index in [4.69, 9.17) is 10.00 Å². The Morgan fingerprint density at radius 2 is 1.62 bits per heavy atom. The van der Waals surface area contributed by atoms with Gasteiger partial charge in [0.25, 0.3) is 10.0 Å². The van der Waals surface area contributed by atoms with Crippen LogP contribution in [-0.2, 0) is 19.9 Å². The maximum Gasteiger partial charge on any atom is 0.268 e. The predicted octanol–water partition coefficient (Wildman–Crippen LogP) is 4.53. The number of hydrogen-bond acceptors (Lipinski definition) is 6. The number of halogens is 2. The first-order chi connectivity index (χ1) is 15.9. The number of rotatable bonds is 5. The average Bonchev–Trinajstić information content (AvgIpc) is 3.18. The number of aromatic nitrogens is 1. The Morgan fingerprint density at radius 1 is 0.941 bits per heavy atom. The molecule has 0 spiro atoms. The van der Waals surface area contributed by atoms with Gasteiger partial charge in [-0.25, -0.2) is 29.6 Å². The molecule has 1 heterocycles. The summed E-state index contributed by atoms with van der Waals surface area (Å²) in [6, 6.07) is 12.7. The van der Waals surface area contributed by atoms with Crippen LogP contribution in [0.3, 0.4) is 0 Å². The summed E-state index contributed by atoms with van der Waals surface area (Å²) in [6.45, 7) is 1.79. The van der Waals surface area contributed by atoms with Crippen LogP contribution in [0.5, 0.6) is 11.5 Å². The molecule has 0 bridgehead atoms. The molecule has 34 heavy (non-hydrogen) atoms. The highest BCUT2D eigenvalue weighted by Crippen LogP contribution is 2.39. The zero-order valence-corrected chi connectivity index (χ0v) is 19.4. The van der Waals surface area contributed by atoms with E-state index in [-0.39, 0.29) is 27.1 Å². The molecular weight excluding hydrogens is 486 g/mol. The van der Waals surface area contributed by atoms with E-state index in [0.717, 1.165) is 46.3 Å². The van der Waals surface area contributed by atoms with E-state index in [1.54, 1.807) is 25.1 Å². The predicted molar refractivity (Wildman–Crippen MR) is 120 cm³/mol. The van der Waals surface area contributed by atoms with Crippen LogP contribution >= 0.6 is 0 Å². The van der Waals surface area contributed by atoms with Gasteiger partial charge in [0.05, 0.1) is 16.0 Å². The fourth-order valence-corrected chi connectivity index (χ4v) is 5.83. The van der Waals surface area contributed by atoms with E-state index in [1.165, 1.54) is 18.2 Å². The minimum Gasteiger partial charge on any atom is -0.453 e. The first-order valence-electron chi connectivity index (χ1n) is 9.67. The highest BCUT2D eigenvalue weighted by molar-refractivity contribution is 7.91. The molecule has 0 saturated heterocycles. The second kappa shape index (κ2) is 8.23. The van der Waals surface area contributed by atoms with Crippen molar-refractivity contribution in [3.63, 3.8) is 0 Å². The van der Waals surface area contributed by atoms with Gasteiger partial charge in [-0.15, -0.1) is 0 Å². The lowest BCUT2D eigenvalue weighted by molar-refractivity contribution is 0.429. The molecule has 0 fully saturated rings. The summed E-state index contributed by atoms with van der Waals surface area (Å²) >= 11 is 0. The number of hydrogen-bond donors (Lipinski definition) is 0. The van der Waals surface area contributed by atoms with Crippen LogP contribution in [0.15, 0.2) is 70.6 Å². The van der Waals surface area contributed by atoms with Crippen LogP contribution in [0.1, 0.15) is 11.1 Å². The molecule has 174 valence electrons. The summed E-state index contributed by atoms with van der Waals surface area (Å²) in [4.78, 5) is -0.643. The summed E-state index contributed by atoms with van der Waals surface area (Å²) in [6.07, 6.45) is 1.95. The topological polar surface area (TPSA) is 106 Å². The largest absolute Gasteiger partial charge is 0.453 e. The van der Waals surface area contributed by atoms with Crippen LogP contribution < -0.4 is 4.74 Å². The van der Waals surface area contributed by atoms with Gasteiger partial charge in [0.15, 0.2) is 21.4 Å². The Kier molecular flexibility index (Phi) is 5.67. The van der Waals surface area contributed by atoms with Crippen LogP contribution in [0.25, 0.3) is 10.9 Å². The van der Waals surface area contributed by atoms with E-state index in [9.17, 15) is 21.2 Å². The van der Waals surface area contributed by atoms with Crippen molar-refractivity contribution in [1.82, 2.24) is 3.97 Å². The lowest BCUT2D eigenvalue weighted by Crippen LogP contribution is -2.12. The van der Waals surface area contributed by atoms with Crippen molar-refractivity contribution >= 4 is 30.8 Å². The lowest BCUT2D eigenvalue weighted by Gasteiger charge is -2.14. The van der Waals surface area contributed by atoms with E-state index in [2.05, 4.69) is 0 Å². The second-order valence-corrected chi connectivity index (χ2v) is 11.3. The van der Waals surface area contributed by atoms with Gasteiger partial charge in [-0.05, 0) is 37.3 Å². The minimum absolute atomic E-state index is 0.0624. The lowest BCUT2D eigenvalue weighted by atomic mass is 10.2. The first-order valence-corrected chi connectivity index (χ1v) is 13.0. The van der Waals surface area contributed by atoms with Crippen molar-refractivity contribution in [2.75, 3.05) is 6.26 Å². The second-order valence-electron chi connectivity index (χ2n) is 7.51. The molecule has 0 aliphatic heterocycles. The van der Waals surface area contributed by atoms with Crippen molar-refractivity contribution in [3.05, 3.63) is 83.6 Å². The molecular formula is C23H16F2N2O5S2. The molecule has 4 aromatic rings. The maximum atomic E-state index is 15.2. The number of benzene rings is 3. The fraction of sp³-hybridized carbons (Fsp3) is 0.0870. The summed E-state index contributed by atoms with van der Waals surface area (Å²) < 4.78 is 86.7. The third-order valence-electron chi connectivity index (χ3n) is 5.05. The zero-order chi connectivity index (χ0) is 24.8.